The number of rotatable bonds is 3. The van der Waals surface area contributed by atoms with Crippen molar-refractivity contribution in [3.8, 4) is 5.75 Å². The molecule has 0 saturated heterocycles. The van der Waals surface area contributed by atoms with Crippen molar-refractivity contribution < 1.29 is 9.90 Å². The first kappa shape index (κ1) is 12.4. The standard InChI is InChI=1S/C12H18N2O2/c1-4-8(2)14(3)12(16)10-7-9(15)5-6-11(10)13/h5-8,15H,4,13H2,1-3H3. The number of nitrogen functional groups attached to an aromatic ring is 1. The van der Waals surface area contributed by atoms with Crippen LogP contribution in [0.3, 0.4) is 0 Å². The van der Waals surface area contributed by atoms with E-state index in [0.717, 1.165) is 6.42 Å². The molecular formula is C12H18N2O2. The van der Waals surface area contributed by atoms with E-state index in [0.29, 0.717) is 11.3 Å². The number of hydrogen-bond acceptors (Lipinski definition) is 3. The second-order valence-electron chi connectivity index (χ2n) is 3.94. The molecule has 0 aliphatic heterocycles. The lowest BCUT2D eigenvalue weighted by molar-refractivity contribution is 0.0741. The van der Waals surface area contributed by atoms with Crippen molar-refractivity contribution in [1.82, 2.24) is 4.90 Å². The Morgan fingerprint density at radius 2 is 2.19 bits per heavy atom. The largest absolute Gasteiger partial charge is 0.508 e. The van der Waals surface area contributed by atoms with Crippen LogP contribution >= 0.6 is 0 Å². The van der Waals surface area contributed by atoms with Gasteiger partial charge in [-0.25, -0.2) is 0 Å². The lowest BCUT2D eigenvalue weighted by atomic mass is 10.1. The Labute approximate surface area is 95.7 Å². The van der Waals surface area contributed by atoms with Crippen LogP contribution in [0.4, 0.5) is 5.69 Å². The monoisotopic (exact) mass is 222 g/mol. The zero-order chi connectivity index (χ0) is 12.3. The Bertz CT molecular complexity index is 391. The number of aromatic hydroxyl groups is 1. The van der Waals surface area contributed by atoms with Gasteiger partial charge in [0.15, 0.2) is 0 Å². The van der Waals surface area contributed by atoms with Gasteiger partial charge in [-0.15, -0.1) is 0 Å². The van der Waals surface area contributed by atoms with Crippen molar-refractivity contribution in [3.05, 3.63) is 23.8 Å². The molecule has 16 heavy (non-hydrogen) atoms. The summed E-state index contributed by atoms with van der Waals surface area (Å²) in [5, 5.41) is 9.34. The molecule has 0 aliphatic rings. The number of phenolic OH excluding ortho intramolecular Hbond substituents is 1. The molecule has 4 nitrogen and oxygen atoms in total. The van der Waals surface area contributed by atoms with Gasteiger partial charge in [-0.1, -0.05) is 6.92 Å². The summed E-state index contributed by atoms with van der Waals surface area (Å²) in [5.74, 6) is -0.113. The summed E-state index contributed by atoms with van der Waals surface area (Å²) in [6.07, 6.45) is 0.876. The van der Waals surface area contributed by atoms with E-state index in [1.807, 2.05) is 13.8 Å². The number of phenols is 1. The van der Waals surface area contributed by atoms with Crippen LogP contribution in [0.2, 0.25) is 0 Å². The van der Waals surface area contributed by atoms with Crippen molar-refractivity contribution in [2.45, 2.75) is 26.3 Å². The molecule has 0 radical (unpaired) electrons. The van der Waals surface area contributed by atoms with Crippen LogP contribution in [-0.2, 0) is 0 Å². The summed E-state index contributed by atoms with van der Waals surface area (Å²) < 4.78 is 0. The maximum Gasteiger partial charge on any atom is 0.256 e. The van der Waals surface area contributed by atoms with Crippen molar-refractivity contribution >= 4 is 11.6 Å². The minimum absolute atomic E-state index is 0.0510. The number of anilines is 1. The molecule has 0 spiro atoms. The molecule has 1 atom stereocenters. The van der Waals surface area contributed by atoms with E-state index in [1.54, 1.807) is 11.9 Å². The summed E-state index contributed by atoms with van der Waals surface area (Å²) in [6.45, 7) is 3.98. The van der Waals surface area contributed by atoms with Crippen molar-refractivity contribution in [2.24, 2.45) is 0 Å². The zero-order valence-electron chi connectivity index (χ0n) is 9.90. The maximum atomic E-state index is 12.1. The molecule has 88 valence electrons. The van der Waals surface area contributed by atoms with E-state index < -0.39 is 0 Å². The van der Waals surface area contributed by atoms with Crippen LogP contribution in [0, 0.1) is 0 Å². The fourth-order valence-electron chi connectivity index (χ4n) is 1.39. The Balaban J connectivity index is 3.00. The first-order valence-electron chi connectivity index (χ1n) is 5.33. The fourth-order valence-corrected chi connectivity index (χ4v) is 1.39. The minimum atomic E-state index is -0.164. The van der Waals surface area contributed by atoms with Crippen LogP contribution in [0.1, 0.15) is 30.6 Å². The van der Waals surface area contributed by atoms with Crippen LogP contribution in [0.5, 0.6) is 5.75 Å². The van der Waals surface area contributed by atoms with Gasteiger partial charge in [0.2, 0.25) is 0 Å². The van der Waals surface area contributed by atoms with E-state index in [9.17, 15) is 9.90 Å². The highest BCUT2D eigenvalue weighted by Gasteiger charge is 2.18. The van der Waals surface area contributed by atoms with Gasteiger partial charge in [-0.3, -0.25) is 4.79 Å². The highest BCUT2D eigenvalue weighted by Crippen LogP contribution is 2.20. The highest BCUT2D eigenvalue weighted by molar-refractivity contribution is 5.99. The Kier molecular flexibility index (Phi) is 3.77. The normalized spacial score (nSPS) is 12.2. The van der Waals surface area contributed by atoms with E-state index in [1.165, 1.54) is 18.2 Å². The molecule has 1 aromatic carbocycles. The first-order chi connectivity index (χ1) is 7.47. The SMILES string of the molecule is CCC(C)N(C)C(=O)c1cc(O)ccc1N. The molecule has 0 bridgehead atoms. The van der Waals surface area contributed by atoms with Crippen molar-refractivity contribution in [1.29, 1.82) is 0 Å². The van der Waals surface area contributed by atoms with Crippen molar-refractivity contribution in [3.63, 3.8) is 0 Å². The summed E-state index contributed by atoms with van der Waals surface area (Å²) in [7, 11) is 1.74. The summed E-state index contributed by atoms with van der Waals surface area (Å²) in [5.41, 5.74) is 6.45. The highest BCUT2D eigenvalue weighted by atomic mass is 16.3. The number of carbonyl (C=O) groups is 1. The molecule has 3 N–H and O–H groups in total. The average Bonchev–Trinajstić information content (AvgIpc) is 2.29. The molecule has 0 aliphatic carbocycles. The fraction of sp³-hybridized carbons (Fsp3) is 0.417. The van der Waals surface area contributed by atoms with Crippen LogP contribution in [0.25, 0.3) is 0 Å². The maximum absolute atomic E-state index is 12.1. The third-order valence-corrected chi connectivity index (χ3v) is 2.84. The van der Waals surface area contributed by atoms with E-state index in [-0.39, 0.29) is 17.7 Å². The van der Waals surface area contributed by atoms with Crippen LogP contribution < -0.4 is 5.73 Å². The summed E-state index contributed by atoms with van der Waals surface area (Å²) in [4.78, 5) is 13.7. The van der Waals surface area contributed by atoms with Gasteiger partial charge in [0.05, 0.1) is 5.56 Å². The minimum Gasteiger partial charge on any atom is -0.508 e. The van der Waals surface area contributed by atoms with E-state index in [4.69, 9.17) is 5.73 Å². The van der Waals surface area contributed by atoms with Gasteiger partial charge < -0.3 is 15.7 Å². The zero-order valence-corrected chi connectivity index (χ0v) is 9.90. The molecule has 1 aromatic rings. The van der Waals surface area contributed by atoms with Crippen LogP contribution in [-0.4, -0.2) is 29.0 Å². The third kappa shape index (κ3) is 2.45. The molecule has 0 fully saturated rings. The topological polar surface area (TPSA) is 66.6 Å². The third-order valence-electron chi connectivity index (χ3n) is 2.84. The van der Waals surface area contributed by atoms with E-state index in [2.05, 4.69) is 0 Å². The van der Waals surface area contributed by atoms with Gasteiger partial charge in [0.25, 0.3) is 5.91 Å². The average molecular weight is 222 g/mol. The van der Waals surface area contributed by atoms with Gasteiger partial charge in [-0.2, -0.15) is 0 Å². The van der Waals surface area contributed by atoms with Gasteiger partial charge in [-0.05, 0) is 31.5 Å². The molecule has 4 heteroatoms. The Hall–Kier alpha value is -1.71. The molecule has 1 rings (SSSR count). The Morgan fingerprint density at radius 1 is 1.56 bits per heavy atom. The quantitative estimate of drug-likeness (QED) is 0.605. The number of hydrogen-bond donors (Lipinski definition) is 2. The predicted molar refractivity (Wildman–Crippen MR) is 64.4 cm³/mol. The van der Waals surface area contributed by atoms with Gasteiger partial charge >= 0.3 is 0 Å². The van der Waals surface area contributed by atoms with E-state index >= 15 is 0 Å². The smallest absolute Gasteiger partial charge is 0.256 e. The lowest BCUT2D eigenvalue weighted by Crippen LogP contribution is -2.34. The molecule has 1 unspecified atom stereocenters. The number of amides is 1. The lowest BCUT2D eigenvalue weighted by Gasteiger charge is -2.24. The summed E-state index contributed by atoms with van der Waals surface area (Å²) >= 11 is 0. The number of nitrogens with two attached hydrogens (primary N) is 1. The number of nitrogens with zero attached hydrogens (tertiary/aromatic N) is 1. The molecular weight excluding hydrogens is 204 g/mol. The molecule has 0 heterocycles. The summed E-state index contributed by atoms with van der Waals surface area (Å²) in [6, 6.07) is 4.55. The first-order valence-corrected chi connectivity index (χ1v) is 5.33. The van der Waals surface area contributed by atoms with Gasteiger partial charge in [0.1, 0.15) is 5.75 Å². The molecule has 0 aromatic heterocycles. The molecule has 1 amide bonds. The predicted octanol–water partition coefficient (Wildman–Crippen LogP) is 1.84. The number of carbonyl (C=O) groups excluding carboxylic acids is 1. The van der Waals surface area contributed by atoms with Gasteiger partial charge in [0, 0.05) is 18.8 Å². The second kappa shape index (κ2) is 4.88. The Morgan fingerprint density at radius 3 is 2.75 bits per heavy atom. The second-order valence-corrected chi connectivity index (χ2v) is 3.94. The number of benzene rings is 1. The molecule has 0 saturated carbocycles. The van der Waals surface area contributed by atoms with Crippen molar-refractivity contribution in [2.75, 3.05) is 12.8 Å². The van der Waals surface area contributed by atoms with Crippen LogP contribution in [0.15, 0.2) is 18.2 Å².